The summed E-state index contributed by atoms with van der Waals surface area (Å²) < 4.78 is 0. The Morgan fingerprint density at radius 1 is 1.46 bits per heavy atom. The summed E-state index contributed by atoms with van der Waals surface area (Å²) in [4.78, 5) is 19.4. The Hall–Kier alpha value is -1.65. The van der Waals surface area contributed by atoms with E-state index in [1.54, 1.807) is 20.3 Å². The van der Waals surface area contributed by atoms with E-state index in [2.05, 4.69) is 20.6 Å². The van der Waals surface area contributed by atoms with Crippen LogP contribution in [-0.2, 0) is 0 Å². The molecule has 2 N–H and O–H groups in total. The molecule has 5 nitrogen and oxygen atoms in total. The Morgan fingerprint density at radius 3 is 2.69 bits per heavy atom. The van der Waals surface area contributed by atoms with E-state index < -0.39 is 0 Å². The number of nitrogens with one attached hydrogen (secondary N) is 2. The first kappa shape index (κ1) is 9.44. The van der Waals surface area contributed by atoms with Crippen molar-refractivity contribution in [3.05, 3.63) is 17.6 Å². The Balaban J connectivity index is 3.13. The minimum Gasteiger partial charge on any atom is -0.371 e. The highest BCUT2D eigenvalue weighted by Gasteiger charge is 2.11. The third kappa shape index (κ3) is 1.93. The van der Waals surface area contributed by atoms with Crippen molar-refractivity contribution in [2.75, 3.05) is 19.4 Å². The highest BCUT2D eigenvalue weighted by atomic mass is 16.1. The van der Waals surface area contributed by atoms with Crippen LogP contribution in [0.2, 0.25) is 0 Å². The summed E-state index contributed by atoms with van der Waals surface area (Å²) in [6, 6.07) is 0. The van der Waals surface area contributed by atoms with Crippen LogP contribution in [0.15, 0.2) is 6.20 Å². The molecule has 0 radical (unpaired) electrons. The van der Waals surface area contributed by atoms with Crippen molar-refractivity contribution < 1.29 is 4.79 Å². The molecule has 0 unspecified atom stereocenters. The van der Waals surface area contributed by atoms with Crippen LogP contribution >= 0.6 is 0 Å². The summed E-state index contributed by atoms with van der Waals surface area (Å²) in [5, 5.41) is 5.31. The lowest BCUT2D eigenvalue weighted by Crippen LogP contribution is -2.21. The molecule has 0 spiro atoms. The fourth-order valence-electron chi connectivity index (χ4n) is 0.936. The normalized spacial score (nSPS) is 9.46. The van der Waals surface area contributed by atoms with Crippen LogP contribution in [-0.4, -0.2) is 30.0 Å². The summed E-state index contributed by atoms with van der Waals surface area (Å²) in [6.07, 6.45) is 1.56. The Morgan fingerprint density at radius 2 is 2.15 bits per heavy atom. The number of amides is 1. The molecular weight excluding hydrogens is 168 g/mol. The van der Waals surface area contributed by atoms with Gasteiger partial charge in [0, 0.05) is 20.3 Å². The van der Waals surface area contributed by atoms with Crippen molar-refractivity contribution in [2.24, 2.45) is 0 Å². The van der Waals surface area contributed by atoms with Gasteiger partial charge in [-0.2, -0.15) is 0 Å². The molecule has 5 heteroatoms. The Kier molecular flexibility index (Phi) is 2.79. The van der Waals surface area contributed by atoms with Crippen LogP contribution < -0.4 is 10.6 Å². The van der Waals surface area contributed by atoms with Gasteiger partial charge in [-0.25, -0.2) is 9.97 Å². The van der Waals surface area contributed by atoms with Gasteiger partial charge in [0.1, 0.15) is 0 Å². The number of nitrogens with zero attached hydrogens (tertiary/aromatic N) is 2. The van der Waals surface area contributed by atoms with Gasteiger partial charge in [0.25, 0.3) is 5.91 Å². The minimum absolute atomic E-state index is 0.239. The topological polar surface area (TPSA) is 66.9 Å². The fraction of sp³-hybridized carbons (Fsp3) is 0.375. The summed E-state index contributed by atoms with van der Waals surface area (Å²) in [7, 11) is 3.26. The first-order chi connectivity index (χ1) is 6.19. The van der Waals surface area contributed by atoms with Crippen molar-refractivity contribution in [1.29, 1.82) is 0 Å². The quantitative estimate of drug-likeness (QED) is 0.681. The highest BCUT2D eigenvalue weighted by Crippen LogP contribution is 2.08. The van der Waals surface area contributed by atoms with Gasteiger partial charge < -0.3 is 10.6 Å². The molecule has 1 aromatic heterocycles. The molecule has 1 aromatic rings. The zero-order valence-electron chi connectivity index (χ0n) is 7.88. The smallest absolute Gasteiger partial charge is 0.273 e. The third-order valence-electron chi connectivity index (χ3n) is 1.57. The lowest BCUT2D eigenvalue weighted by atomic mass is 10.3. The van der Waals surface area contributed by atoms with Gasteiger partial charge in [0.15, 0.2) is 11.5 Å². The van der Waals surface area contributed by atoms with Gasteiger partial charge in [-0.15, -0.1) is 0 Å². The van der Waals surface area contributed by atoms with E-state index in [-0.39, 0.29) is 5.91 Å². The average molecular weight is 180 g/mol. The zero-order chi connectivity index (χ0) is 9.84. The van der Waals surface area contributed by atoms with Gasteiger partial charge in [0.2, 0.25) is 0 Å². The number of carbonyl (C=O) groups excluding carboxylic acids is 1. The van der Waals surface area contributed by atoms with Gasteiger partial charge in [-0.05, 0) is 6.92 Å². The number of hydrogen-bond acceptors (Lipinski definition) is 4. The van der Waals surface area contributed by atoms with Crippen molar-refractivity contribution >= 4 is 11.7 Å². The number of aromatic nitrogens is 2. The molecule has 0 aliphatic heterocycles. The SMILES string of the molecule is CNC(=O)c1ncc(C)nc1NC. The fourth-order valence-corrected chi connectivity index (χ4v) is 0.936. The molecule has 1 rings (SSSR count). The summed E-state index contributed by atoms with van der Waals surface area (Å²) in [5.74, 6) is 0.260. The maximum absolute atomic E-state index is 11.3. The van der Waals surface area contributed by atoms with Crippen LogP contribution in [0.25, 0.3) is 0 Å². The molecule has 0 aliphatic carbocycles. The third-order valence-corrected chi connectivity index (χ3v) is 1.57. The lowest BCUT2D eigenvalue weighted by molar-refractivity contribution is 0.0958. The van der Waals surface area contributed by atoms with Crippen molar-refractivity contribution in [3.8, 4) is 0 Å². The number of carbonyl (C=O) groups is 1. The predicted octanol–water partition coefficient (Wildman–Crippen LogP) is 0.186. The minimum atomic E-state index is -0.239. The van der Waals surface area contributed by atoms with Gasteiger partial charge in [-0.1, -0.05) is 0 Å². The maximum Gasteiger partial charge on any atom is 0.273 e. The lowest BCUT2D eigenvalue weighted by Gasteiger charge is -2.05. The van der Waals surface area contributed by atoms with E-state index in [1.807, 2.05) is 6.92 Å². The van der Waals surface area contributed by atoms with Crippen LogP contribution in [0.1, 0.15) is 16.2 Å². The molecule has 0 saturated carbocycles. The van der Waals surface area contributed by atoms with E-state index in [9.17, 15) is 4.79 Å². The van der Waals surface area contributed by atoms with Crippen LogP contribution in [0.5, 0.6) is 0 Å². The first-order valence-electron chi connectivity index (χ1n) is 3.92. The van der Waals surface area contributed by atoms with Crippen LogP contribution in [0.4, 0.5) is 5.82 Å². The molecule has 0 aromatic carbocycles. The summed E-state index contributed by atoms with van der Waals surface area (Å²) >= 11 is 0. The molecule has 0 atom stereocenters. The average Bonchev–Trinajstić information content (AvgIpc) is 2.16. The van der Waals surface area contributed by atoms with E-state index in [4.69, 9.17) is 0 Å². The van der Waals surface area contributed by atoms with E-state index in [1.165, 1.54) is 0 Å². The molecule has 13 heavy (non-hydrogen) atoms. The molecular formula is C8H12N4O. The largest absolute Gasteiger partial charge is 0.371 e. The summed E-state index contributed by atoms with van der Waals surface area (Å²) in [6.45, 7) is 1.82. The second kappa shape index (κ2) is 3.84. The maximum atomic E-state index is 11.3. The van der Waals surface area contributed by atoms with Gasteiger partial charge >= 0.3 is 0 Å². The van der Waals surface area contributed by atoms with Crippen molar-refractivity contribution in [2.45, 2.75) is 6.92 Å². The van der Waals surface area contributed by atoms with Crippen LogP contribution in [0, 0.1) is 6.92 Å². The predicted molar refractivity (Wildman–Crippen MR) is 49.7 cm³/mol. The number of aryl methyl sites for hydroxylation is 1. The molecule has 1 heterocycles. The van der Waals surface area contributed by atoms with E-state index >= 15 is 0 Å². The number of hydrogen-bond donors (Lipinski definition) is 2. The first-order valence-corrected chi connectivity index (χ1v) is 3.92. The Labute approximate surface area is 76.6 Å². The second-order valence-electron chi connectivity index (χ2n) is 2.54. The van der Waals surface area contributed by atoms with Gasteiger partial charge in [0.05, 0.1) is 5.69 Å². The molecule has 0 bridgehead atoms. The summed E-state index contributed by atoms with van der Waals surface area (Å²) in [5.41, 5.74) is 1.09. The standard InChI is InChI=1S/C8H12N4O/c1-5-4-11-6(8(13)10-3)7(9-2)12-5/h4H,1-3H3,(H,9,12)(H,10,13). The number of anilines is 1. The van der Waals surface area contributed by atoms with Gasteiger partial charge in [-0.3, -0.25) is 4.79 Å². The zero-order valence-corrected chi connectivity index (χ0v) is 7.88. The van der Waals surface area contributed by atoms with Crippen LogP contribution in [0.3, 0.4) is 0 Å². The second-order valence-corrected chi connectivity index (χ2v) is 2.54. The number of rotatable bonds is 2. The molecule has 1 amide bonds. The Bertz CT molecular complexity index is 324. The van der Waals surface area contributed by atoms with E-state index in [0.29, 0.717) is 11.5 Å². The van der Waals surface area contributed by atoms with Crippen molar-refractivity contribution in [3.63, 3.8) is 0 Å². The van der Waals surface area contributed by atoms with E-state index in [0.717, 1.165) is 5.69 Å². The molecule has 70 valence electrons. The molecule has 0 saturated heterocycles. The molecule has 0 fully saturated rings. The molecule has 0 aliphatic rings. The monoisotopic (exact) mass is 180 g/mol. The van der Waals surface area contributed by atoms with Crippen molar-refractivity contribution in [1.82, 2.24) is 15.3 Å². The highest BCUT2D eigenvalue weighted by molar-refractivity contribution is 5.96.